The SMILES string of the molecule is CCCCCCCC/C=C/CCCCCCCC(=O)OC(CO)CO. The lowest BCUT2D eigenvalue weighted by Crippen LogP contribution is -2.25. The summed E-state index contributed by atoms with van der Waals surface area (Å²) in [6, 6.07) is 0. The lowest BCUT2D eigenvalue weighted by molar-refractivity contribution is -0.153. The van der Waals surface area contributed by atoms with E-state index in [-0.39, 0.29) is 19.2 Å². The summed E-state index contributed by atoms with van der Waals surface area (Å²) in [7, 11) is 0. The molecule has 0 spiro atoms. The molecular weight excluding hydrogens is 316 g/mol. The minimum Gasteiger partial charge on any atom is -0.457 e. The number of carbonyl (C=O) groups excluding carboxylic acids is 1. The van der Waals surface area contributed by atoms with Gasteiger partial charge in [-0.1, -0.05) is 70.4 Å². The van der Waals surface area contributed by atoms with Gasteiger partial charge in [0.25, 0.3) is 0 Å². The molecule has 0 amide bonds. The minimum atomic E-state index is -0.768. The van der Waals surface area contributed by atoms with E-state index >= 15 is 0 Å². The summed E-state index contributed by atoms with van der Waals surface area (Å²) in [6.07, 6.45) is 20.2. The van der Waals surface area contributed by atoms with Gasteiger partial charge in [-0.3, -0.25) is 4.79 Å². The summed E-state index contributed by atoms with van der Waals surface area (Å²) in [4.78, 5) is 11.5. The van der Waals surface area contributed by atoms with Crippen LogP contribution < -0.4 is 0 Å². The number of unbranched alkanes of at least 4 members (excludes halogenated alkanes) is 11. The van der Waals surface area contributed by atoms with Crippen LogP contribution in [0.5, 0.6) is 0 Å². The van der Waals surface area contributed by atoms with E-state index < -0.39 is 6.10 Å². The molecule has 0 rings (SSSR count). The van der Waals surface area contributed by atoms with Crippen molar-refractivity contribution in [3.05, 3.63) is 12.2 Å². The highest BCUT2D eigenvalue weighted by Crippen LogP contribution is 2.10. The molecule has 0 heterocycles. The molecule has 0 atom stereocenters. The molecule has 2 N–H and O–H groups in total. The van der Waals surface area contributed by atoms with Crippen LogP contribution in [0.25, 0.3) is 0 Å². The van der Waals surface area contributed by atoms with Gasteiger partial charge in [-0.05, 0) is 32.1 Å². The van der Waals surface area contributed by atoms with Crippen LogP contribution >= 0.6 is 0 Å². The Morgan fingerprint density at radius 3 is 1.80 bits per heavy atom. The molecule has 0 fully saturated rings. The summed E-state index contributed by atoms with van der Waals surface area (Å²) in [6.45, 7) is 1.60. The van der Waals surface area contributed by atoms with Gasteiger partial charge in [-0.15, -0.1) is 0 Å². The van der Waals surface area contributed by atoms with E-state index in [9.17, 15) is 4.79 Å². The van der Waals surface area contributed by atoms with E-state index in [1.165, 1.54) is 57.8 Å². The van der Waals surface area contributed by atoms with E-state index in [1.807, 2.05) is 0 Å². The number of hydrogen-bond donors (Lipinski definition) is 2. The van der Waals surface area contributed by atoms with Crippen molar-refractivity contribution in [3.8, 4) is 0 Å². The second-order valence-corrected chi connectivity index (χ2v) is 6.81. The number of carbonyl (C=O) groups is 1. The van der Waals surface area contributed by atoms with Gasteiger partial charge in [0.1, 0.15) is 6.10 Å². The summed E-state index contributed by atoms with van der Waals surface area (Å²) >= 11 is 0. The van der Waals surface area contributed by atoms with Crippen molar-refractivity contribution in [1.29, 1.82) is 0 Å². The second-order valence-electron chi connectivity index (χ2n) is 6.81. The van der Waals surface area contributed by atoms with E-state index in [0.29, 0.717) is 6.42 Å². The van der Waals surface area contributed by atoms with E-state index in [1.54, 1.807) is 0 Å². The van der Waals surface area contributed by atoms with Gasteiger partial charge >= 0.3 is 5.97 Å². The Labute approximate surface area is 154 Å². The average molecular weight is 357 g/mol. The Hall–Kier alpha value is -0.870. The first-order chi connectivity index (χ1) is 12.2. The van der Waals surface area contributed by atoms with Crippen LogP contribution in [0.4, 0.5) is 0 Å². The molecule has 0 aliphatic heterocycles. The van der Waals surface area contributed by atoms with E-state index in [4.69, 9.17) is 14.9 Å². The number of aliphatic hydroxyl groups is 2. The topological polar surface area (TPSA) is 66.8 Å². The first kappa shape index (κ1) is 24.1. The summed E-state index contributed by atoms with van der Waals surface area (Å²) in [5.41, 5.74) is 0. The van der Waals surface area contributed by atoms with Gasteiger partial charge in [0, 0.05) is 6.42 Å². The molecule has 0 bridgehead atoms. The highest BCUT2D eigenvalue weighted by Gasteiger charge is 2.11. The zero-order valence-electron chi connectivity index (χ0n) is 16.3. The van der Waals surface area contributed by atoms with Crippen LogP contribution in [-0.4, -0.2) is 35.5 Å². The maximum Gasteiger partial charge on any atom is 0.306 e. The Morgan fingerprint density at radius 2 is 1.28 bits per heavy atom. The monoisotopic (exact) mass is 356 g/mol. The van der Waals surface area contributed by atoms with Crippen LogP contribution in [0, 0.1) is 0 Å². The third-order valence-corrected chi connectivity index (χ3v) is 4.35. The lowest BCUT2D eigenvalue weighted by atomic mass is 10.1. The normalized spacial score (nSPS) is 11.5. The first-order valence-corrected chi connectivity index (χ1v) is 10.3. The van der Waals surface area contributed by atoms with Crippen molar-refractivity contribution < 1.29 is 19.7 Å². The predicted molar refractivity (Wildman–Crippen MR) is 104 cm³/mol. The Bertz CT molecular complexity index is 311. The zero-order valence-corrected chi connectivity index (χ0v) is 16.3. The molecule has 0 aliphatic carbocycles. The molecule has 4 nitrogen and oxygen atoms in total. The highest BCUT2D eigenvalue weighted by atomic mass is 16.6. The van der Waals surface area contributed by atoms with Crippen molar-refractivity contribution in [1.82, 2.24) is 0 Å². The maximum absolute atomic E-state index is 11.5. The summed E-state index contributed by atoms with van der Waals surface area (Å²) in [5.74, 6) is -0.328. The van der Waals surface area contributed by atoms with Crippen molar-refractivity contribution in [2.45, 2.75) is 103 Å². The zero-order chi connectivity index (χ0) is 18.6. The van der Waals surface area contributed by atoms with Crippen molar-refractivity contribution >= 4 is 5.97 Å². The van der Waals surface area contributed by atoms with Gasteiger partial charge in [0.05, 0.1) is 13.2 Å². The van der Waals surface area contributed by atoms with Gasteiger partial charge < -0.3 is 14.9 Å². The minimum absolute atomic E-state index is 0.325. The highest BCUT2D eigenvalue weighted by molar-refractivity contribution is 5.69. The van der Waals surface area contributed by atoms with E-state index in [2.05, 4.69) is 19.1 Å². The van der Waals surface area contributed by atoms with Crippen molar-refractivity contribution in [2.75, 3.05) is 13.2 Å². The standard InChI is InChI=1S/C21H40O4/c1-2-3-4-5-6-7-8-9-10-11-12-13-14-15-16-17-21(24)25-20(18-22)19-23/h9-10,20,22-23H,2-8,11-19H2,1H3/b10-9+. The smallest absolute Gasteiger partial charge is 0.306 e. The van der Waals surface area contributed by atoms with Crippen molar-refractivity contribution in [2.24, 2.45) is 0 Å². The number of allylic oxidation sites excluding steroid dienone is 2. The van der Waals surface area contributed by atoms with Gasteiger partial charge in [0.2, 0.25) is 0 Å². The third-order valence-electron chi connectivity index (χ3n) is 4.35. The Kier molecular flexibility index (Phi) is 18.8. The fraction of sp³-hybridized carbons (Fsp3) is 0.857. The van der Waals surface area contributed by atoms with Crippen LogP contribution in [0.3, 0.4) is 0 Å². The molecule has 0 aromatic rings. The Balaban J connectivity index is 3.28. The molecule has 0 unspecified atom stereocenters. The van der Waals surface area contributed by atoms with Gasteiger partial charge in [-0.2, -0.15) is 0 Å². The predicted octanol–water partition coefficient (Wildman–Crippen LogP) is 4.92. The van der Waals surface area contributed by atoms with Gasteiger partial charge in [-0.25, -0.2) is 0 Å². The lowest BCUT2D eigenvalue weighted by Gasteiger charge is -2.12. The third kappa shape index (κ3) is 17.7. The molecule has 0 aromatic carbocycles. The molecular formula is C21H40O4. The molecule has 0 aromatic heterocycles. The average Bonchev–Trinajstić information content (AvgIpc) is 2.62. The van der Waals surface area contributed by atoms with Crippen LogP contribution in [-0.2, 0) is 9.53 Å². The molecule has 4 heteroatoms. The number of aliphatic hydroxyl groups excluding tert-OH is 2. The first-order valence-electron chi connectivity index (χ1n) is 10.3. The largest absolute Gasteiger partial charge is 0.457 e. The molecule has 0 saturated carbocycles. The van der Waals surface area contributed by atoms with Crippen LogP contribution in [0.2, 0.25) is 0 Å². The van der Waals surface area contributed by atoms with E-state index in [0.717, 1.165) is 25.7 Å². The number of ether oxygens (including phenoxy) is 1. The van der Waals surface area contributed by atoms with Crippen LogP contribution in [0.15, 0.2) is 12.2 Å². The molecule has 25 heavy (non-hydrogen) atoms. The molecule has 0 saturated heterocycles. The van der Waals surface area contributed by atoms with Gasteiger partial charge in [0.15, 0.2) is 0 Å². The quantitative estimate of drug-likeness (QED) is 0.208. The number of hydrogen-bond acceptors (Lipinski definition) is 4. The number of esters is 1. The number of rotatable bonds is 18. The Morgan fingerprint density at radius 1 is 0.800 bits per heavy atom. The summed E-state index contributed by atoms with van der Waals surface area (Å²) in [5, 5.41) is 17.7. The maximum atomic E-state index is 11.5. The summed E-state index contributed by atoms with van der Waals surface area (Å²) < 4.78 is 4.92. The molecule has 0 aliphatic rings. The molecule has 0 radical (unpaired) electrons. The van der Waals surface area contributed by atoms with Crippen LogP contribution in [0.1, 0.15) is 96.8 Å². The second kappa shape index (κ2) is 19.5. The van der Waals surface area contributed by atoms with Crippen molar-refractivity contribution in [3.63, 3.8) is 0 Å². The fourth-order valence-electron chi connectivity index (χ4n) is 2.72. The fourth-order valence-corrected chi connectivity index (χ4v) is 2.72. The molecule has 148 valence electrons.